The zero-order valence-corrected chi connectivity index (χ0v) is 13.7. The van der Waals surface area contributed by atoms with Crippen molar-refractivity contribution in [1.82, 2.24) is 10.3 Å². The molecule has 21 heavy (non-hydrogen) atoms. The number of aromatic nitrogens is 1. The predicted octanol–water partition coefficient (Wildman–Crippen LogP) is 3.92. The molecule has 2 N–H and O–H groups in total. The molecule has 0 aliphatic heterocycles. The van der Waals surface area contributed by atoms with Gasteiger partial charge in [0.1, 0.15) is 5.60 Å². The summed E-state index contributed by atoms with van der Waals surface area (Å²) < 4.78 is 1.20. The zero-order valence-electron chi connectivity index (χ0n) is 12.0. The SMILES string of the molecule is C[C@H](NC[C@](C)(O)c1cccs1)c1cnc2ccsc2c1. The number of hydrogen-bond donors (Lipinski definition) is 2. The number of hydrogen-bond acceptors (Lipinski definition) is 5. The van der Waals surface area contributed by atoms with Crippen molar-refractivity contribution in [3.8, 4) is 0 Å². The largest absolute Gasteiger partial charge is 0.383 e. The highest BCUT2D eigenvalue weighted by atomic mass is 32.1. The van der Waals surface area contributed by atoms with Gasteiger partial charge in [0.15, 0.2) is 0 Å². The van der Waals surface area contributed by atoms with E-state index in [0.29, 0.717) is 6.54 Å². The molecule has 5 heteroatoms. The maximum atomic E-state index is 10.5. The van der Waals surface area contributed by atoms with E-state index < -0.39 is 5.60 Å². The summed E-state index contributed by atoms with van der Waals surface area (Å²) in [4.78, 5) is 5.45. The van der Waals surface area contributed by atoms with E-state index in [9.17, 15) is 5.11 Å². The van der Waals surface area contributed by atoms with Crippen LogP contribution >= 0.6 is 22.7 Å². The summed E-state index contributed by atoms with van der Waals surface area (Å²) in [5.41, 5.74) is 1.34. The van der Waals surface area contributed by atoms with Gasteiger partial charge in [-0.05, 0) is 48.4 Å². The number of fused-ring (bicyclic) bond motifs is 1. The molecular formula is C16H18N2OS2. The van der Waals surface area contributed by atoms with Crippen LogP contribution in [0.4, 0.5) is 0 Å². The van der Waals surface area contributed by atoms with Gasteiger partial charge in [0.25, 0.3) is 0 Å². The second-order valence-electron chi connectivity index (χ2n) is 5.43. The van der Waals surface area contributed by atoms with E-state index >= 15 is 0 Å². The highest BCUT2D eigenvalue weighted by molar-refractivity contribution is 7.17. The first kappa shape index (κ1) is 14.7. The average molecular weight is 318 g/mol. The summed E-state index contributed by atoms with van der Waals surface area (Å²) >= 11 is 3.28. The van der Waals surface area contributed by atoms with E-state index in [1.165, 1.54) is 4.70 Å². The van der Waals surface area contributed by atoms with E-state index in [-0.39, 0.29) is 6.04 Å². The van der Waals surface area contributed by atoms with E-state index in [1.54, 1.807) is 22.7 Å². The van der Waals surface area contributed by atoms with Crippen LogP contribution < -0.4 is 5.32 Å². The zero-order chi connectivity index (χ0) is 14.9. The molecular weight excluding hydrogens is 300 g/mol. The molecule has 0 unspecified atom stereocenters. The Morgan fingerprint density at radius 2 is 2.19 bits per heavy atom. The molecule has 0 fully saturated rings. The Morgan fingerprint density at radius 3 is 2.95 bits per heavy atom. The van der Waals surface area contributed by atoms with Gasteiger partial charge in [0.2, 0.25) is 0 Å². The number of thiophene rings is 2. The Morgan fingerprint density at radius 1 is 1.33 bits per heavy atom. The Kier molecular flexibility index (Phi) is 4.08. The third-order valence-electron chi connectivity index (χ3n) is 3.63. The minimum Gasteiger partial charge on any atom is -0.383 e. The molecule has 3 aromatic heterocycles. The number of nitrogens with one attached hydrogen (secondary N) is 1. The molecule has 3 heterocycles. The summed E-state index contributed by atoms with van der Waals surface area (Å²) in [5, 5.41) is 18.0. The van der Waals surface area contributed by atoms with Crippen LogP contribution in [0.2, 0.25) is 0 Å². The summed E-state index contributed by atoms with van der Waals surface area (Å²) in [7, 11) is 0. The Bertz CT molecular complexity index is 719. The van der Waals surface area contributed by atoms with E-state index in [1.807, 2.05) is 36.7 Å². The van der Waals surface area contributed by atoms with E-state index in [2.05, 4.69) is 28.7 Å². The van der Waals surface area contributed by atoms with Crippen LogP contribution in [0.3, 0.4) is 0 Å². The van der Waals surface area contributed by atoms with Crippen LogP contribution in [0.25, 0.3) is 10.2 Å². The fourth-order valence-corrected chi connectivity index (χ4v) is 3.82. The highest BCUT2D eigenvalue weighted by Gasteiger charge is 2.24. The molecule has 3 aromatic rings. The van der Waals surface area contributed by atoms with Gasteiger partial charge in [-0.2, -0.15) is 0 Å². The van der Waals surface area contributed by atoms with Gasteiger partial charge in [0, 0.05) is 23.7 Å². The van der Waals surface area contributed by atoms with E-state index in [4.69, 9.17) is 0 Å². The quantitative estimate of drug-likeness (QED) is 0.749. The number of aliphatic hydroxyl groups is 1. The molecule has 2 atom stereocenters. The van der Waals surface area contributed by atoms with Crippen molar-refractivity contribution >= 4 is 32.9 Å². The molecule has 110 valence electrons. The van der Waals surface area contributed by atoms with Gasteiger partial charge in [-0.25, -0.2) is 0 Å². The molecule has 0 aliphatic carbocycles. The van der Waals surface area contributed by atoms with Crippen molar-refractivity contribution in [2.75, 3.05) is 6.54 Å². The van der Waals surface area contributed by atoms with Gasteiger partial charge in [-0.1, -0.05) is 6.07 Å². The second kappa shape index (κ2) is 5.85. The van der Waals surface area contributed by atoms with Crippen LogP contribution in [0.15, 0.2) is 41.2 Å². The number of rotatable bonds is 5. The molecule has 0 aromatic carbocycles. The minimum atomic E-state index is -0.844. The van der Waals surface area contributed by atoms with Crippen molar-refractivity contribution in [2.24, 2.45) is 0 Å². The van der Waals surface area contributed by atoms with Crippen LogP contribution in [0.1, 0.15) is 30.3 Å². The first-order valence-corrected chi connectivity index (χ1v) is 8.65. The molecule has 0 radical (unpaired) electrons. The summed E-state index contributed by atoms with van der Waals surface area (Å²) in [5.74, 6) is 0. The van der Waals surface area contributed by atoms with Crippen molar-refractivity contribution in [1.29, 1.82) is 0 Å². The van der Waals surface area contributed by atoms with E-state index in [0.717, 1.165) is 16.0 Å². The lowest BCUT2D eigenvalue weighted by atomic mass is 10.0. The lowest BCUT2D eigenvalue weighted by Crippen LogP contribution is -2.36. The minimum absolute atomic E-state index is 0.149. The fraction of sp³-hybridized carbons (Fsp3) is 0.312. The Balaban J connectivity index is 1.69. The van der Waals surface area contributed by atoms with Crippen LogP contribution in [0.5, 0.6) is 0 Å². The van der Waals surface area contributed by atoms with Crippen LogP contribution in [-0.2, 0) is 5.60 Å². The smallest absolute Gasteiger partial charge is 0.108 e. The van der Waals surface area contributed by atoms with Crippen molar-refractivity contribution < 1.29 is 5.11 Å². The lowest BCUT2D eigenvalue weighted by molar-refractivity contribution is 0.0581. The molecule has 0 saturated heterocycles. The molecule has 0 bridgehead atoms. The first-order chi connectivity index (χ1) is 10.1. The molecule has 3 nitrogen and oxygen atoms in total. The van der Waals surface area contributed by atoms with Crippen LogP contribution in [-0.4, -0.2) is 16.6 Å². The van der Waals surface area contributed by atoms with Crippen molar-refractivity contribution in [2.45, 2.75) is 25.5 Å². The third kappa shape index (κ3) is 3.16. The summed E-state index contributed by atoms with van der Waals surface area (Å²) in [6.07, 6.45) is 1.91. The second-order valence-corrected chi connectivity index (χ2v) is 7.32. The van der Waals surface area contributed by atoms with Gasteiger partial charge < -0.3 is 10.4 Å². The predicted molar refractivity (Wildman–Crippen MR) is 89.9 cm³/mol. The van der Waals surface area contributed by atoms with Gasteiger partial charge in [-0.15, -0.1) is 22.7 Å². The van der Waals surface area contributed by atoms with Gasteiger partial charge in [-0.3, -0.25) is 4.98 Å². The van der Waals surface area contributed by atoms with Gasteiger partial charge in [0.05, 0.1) is 10.2 Å². The molecule has 0 spiro atoms. The van der Waals surface area contributed by atoms with Gasteiger partial charge >= 0.3 is 0 Å². The fourth-order valence-electron chi connectivity index (χ4n) is 2.24. The third-order valence-corrected chi connectivity index (χ3v) is 5.60. The maximum absolute atomic E-state index is 10.5. The lowest BCUT2D eigenvalue weighted by Gasteiger charge is -2.25. The summed E-state index contributed by atoms with van der Waals surface area (Å²) in [6, 6.07) is 8.28. The van der Waals surface area contributed by atoms with Crippen LogP contribution in [0, 0.1) is 0 Å². The topological polar surface area (TPSA) is 45.1 Å². The number of nitrogens with zero attached hydrogens (tertiary/aromatic N) is 1. The Hall–Kier alpha value is -1.27. The molecule has 0 saturated carbocycles. The van der Waals surface area contributed by atoms with Crippen molar-refractivity contribution in [3.05, 3.63) is 51.7 Å². The molecule has 0 aliphatic rings. The Labute approximate surface area is 132 Å². The van der Waals surface area contributed by atoms with Crippen molar-refractivity contribution in [3.63, 3.8) is 0 Å². The number of pyridine rings is 1. The summed E-state index contributed by atoms with van der Waals surface area (Å²) in [6.45, 7) is 4.46. The monoisotopic (exact) mass is 318 g/mol. The highest BCUT2D eigenvalue weighted by Crippen LogP contribution is 2.26. The molecule has 0 amide bonds. The molecule has 3 rings (SSSR count). The normalized spacial score (nSPS) is 16.0. The maximum Gasteiger partial charge on any atom is 0.108 e. The standard InChI is InChI=1S/C16H18N2OS2/c1-11(12-8-14-13(17-9-12)5-7-20-14)18-10-16(2,19)15-4-3-6-21-15/h3-9,11,18-19H,10H2,1-2H3/t11-,16-/m0/s1. The first-order valence-electron chi connectivity index (χ1n) is 6.89. The average Bonchev–Trinajstić information content (AvgIpc) is 3.14.